The van der Waals surface area contributed by atoms with Crippen molar-refractivity contribution in [2.24, 2.45) is 11.1 Å². The van der Waals surface area contributed by atoms with Crippen molar-refractivity contribution in [2.75, 3.05) is 18.4 Å². The fraction of sp³-hybridized carbons (Fsp3) is 0.318. The van der Waals surface area contributed by atoms with Gasteiger partial charge >= 0.3 is 6.03 Å². The summed E-state index contributed by atoms with van der Waals surface area (Å²) in [5, 5.41) is 2.94. The first-order valence-corrected chi connectivity index (χ1v) is 9.57. The van der Waals surface area contributed by atoms with E-state index < -0.39 is 5.41 Å². The summed E-state index contributed by atoms with van der Waals surface area (Å²) in [4.78, 5) is 30.6. The van der Waals surface area contributed by atoms with Crippen molar-refractivity contribution in [2.45, 2.75) is 26.2 Å². The minimum atomic E-state index is -0.622. The Labute approximate surface area is 165 Å². The van der Waals surface area contributed by atoms with Crippen LogP contribution in [0.4, 0.5) is 10.5 Å². The van der Waals surface area contributed by atoms with E-state index in [4.69, 9.17) is 5.73 Å². The van der Waals surface area contributed by atoms with E-state index >= 15 is 0 Å². The topological polar surface area (TPSA) is 88.3 Å². The van der Waals surface area contributed by atoms with Crippen LogP contribution in [0.1, 0.15) is 37.4 Å². The van der Waals surface area contributed by atoms with Gasteiger partial charge in [-0.3, -0.25) is 9.78 Å². The molecule has 146 valence electrons. The van der Waals surface area contributed by atoms with Crippen molar-refractivity contribution >= 4 is 29.8 Å². The van der Waals surface area contributed by atoms with Crippen molar-refractivity contribution in [3.8, 4) is 0 Å². The molecule has 1 aromatic carbocycles. The van der Waals surface area contributed by atoms with Gasteiger partial charge in [0.1, 0.15) is 0 Å². The van der Waals surface area contributed by atoms with Gasteiger partial charge < -0.3 is 16.0 Å². The molecular weight excluding hydrogens is 352 g/mol. The Morgan fingerprint density at radius 3 is 2.82 bits per heavy atom. The lowest BCUT2D eigenvalue weighted by atomic mass is 9.77. The number of hydrogen-bond acceptors (Lipinski definition) is 3. The fourth-order valence-corrected chi connectivity index (χ4v) is 3.55. The van der Waals surface area contributed by atoms with E-state index in [0.29, 0.717) is 25.2 Å². The molecule has 6 heteroatoms. The molecular formula is C22H26N4O2. The van der Waals surface area contributed by atoms with Crippen LogP contribution in [0.15, 0.2) is 48.7 Å². The molecule has 1 atom stereocenters. The highest BCUT2D eigenvalue weighted by Gasteiger charge is 2.40. The molecule has 3 amide bonds. The number of carbonyl (C=O) groups excluding carboxylic acids is 2. The van der Waals surface area contributed by atoms with Gasteiger partial charge in [0.05, 0.1) is 11.1 Å². The summed E-state index contributed by atoms with van der Waals surface area (Å²) in [5.41, 5.74) is 7.53. The molecule has 0 unspecified atom stereocenters. The van der Waals surface area contributed by atoms with Crippen molar-refractivity contribution < 1.29 is 9.59 Å². The number of nitrogens with two attached hydrogens (primary N) is 1. The monoisotopic (exact) mass is 378 g/mol. The van der Waals surface area contributed by atoms with Gasteiger partial charge in [-0.1, -0.05) is 31.2 Å². The molecule has 6 nitrogen and oxygen atoms in total. The van der Waals surface area contributed by atoms with Gasteiger partial charge in [0, 0.05) is 25.0 Å². The summed E-state index contributed by atoms with van der Waals surface area (Å²) >= 11 is 0. The molecule has 3 N–H and O–H groups in total. The molecule has 1 saturated heterocycles. The average molecular weight is 378 g/mol. The average Bonchev–Trinajstić information content (AvgIpc) is 2.73. The Bertz CT molecular complexity index is 866. The molecule has 0 bridgehead atoms. The molecule has 0 aliphatic carbocycles. The SMILES string of the molecule is CC[C@@]1(C(N)=O)CCCN(C(=O)Nc2cccc(/C=C/c3ccccn3)c2)C1. The third kappa shape index (κ3) is 4.57. The maximum absolute atomic E-state index is 12.7. The van der Waals surface area contributed by atoms with Crippen LogP contribution in [0.25, 0.3) is 12.2 Å². The smallest absolute Gasteiger partial charge is 0.321 e. The van der Waals surface area contributed by atoms with Crippen molar-refractivity contribution in [1.29, 1.82) is 0 Å². The first-order valence-electron chi connectivity index (χ1n) is 9.57. The number of rotatable bonds is 5. The second-order valence-electron chi connectivity index (χ2n) is 7.17. The number of hydrogen-bond donors (Lipinski definition) is 2. The minimum Gasteiger partial charge on any atom is -0.369 e. The van der Waals surface area contributed by atoms with Crippen LogP contribution in [0, 0.1) is 5.41 Å². The quantitative estimate of drug-likeness (QED) is 0.830. The first kappa shape index (κ1) is 19.6. The number of carbonyl (C=O) groups is 2. The number of primary amides is 1. The van der Waals surface area contributed by atoms with Gasteiger partial charge in [-0.15, -0.1) is 0 Å². The van der Waals surface area contributed by atoms with E-state index in [1.54, 1.807) is 11.1 Å². The van der Waals surface area contributed by atoms with E-state index in [1.807, 2.05) is 61.5 Å². The molecule has 1 aliphatic heterocycles. The van der Waals surface area contributed by atoms with Gasteiger partial charge in [-0.05, 0) is 55.2 Å². The molecule has 1 aromatic heterocycles. The van der Waals surface area contributed by atoms with Crippen molar-refractivity contribution in [3.63, 3.8) is 0 Å². The van der Waals surface area contributed by atoms with E-state index in [9.17, 15) is 9.59 Å². The lowest BCUT2D eigenvalue weighted by Crippen LogP contribution is -2.52. The van der Waals surface area contributed by atoms with Gasteiger partial charge in [-0.25, -0.2) is 4.79 Å². The number of anilines is 1. The number of benzene rings is 1. The highest BCUT2D eigenvalue weighted by Crippen LogP contribution is 2.33. The molecule has 0 radical (unpaired) electrons. The Morgan fingerprint density at radius 1 is 1.25 bits per heavy atom. The van der Waals surface area contributed by atoms with Crippen LogP contribution in [-0.4, -0.2) is 34.9 Å². The van der Waals surface area contributed by atoms with Crippen LogP contribution >= 0.6 is 0 Å². The first-order chi connectivity index (χ1) is 13.5. The van der Waals surface area contributed by atoms with Crippen LogP contribution < -0.4 is 11.1 Å². The van der Waals surface area contributed by atoms with E-state index in [0.717, 1.165) is 24.1 Å². The zero-order chi connectivity index (χ0) is 20.0. The largest absolute Gasteiger partial charge is 0.369 e. The second kappa shape index (κ2) is 8.69. The molecule has 0 spiro atoms. The predicted molar refractivity (Wildman–Crippen MR) is 111 cm³/mol. The summed E-state index contributed by atoms with van der Waals surface area (Å²) in [6.07, 6.45) is 7.77. The number of likely N-dealkylation sites (tertiary alicyclic amines) is 1. The van der Waals surface area contributed by atoms with Crippen LogP contribution in [0.5, 0.6) is 0 Å². The normalized spacial score (nSPS) is 19.5. The highest BCUT2D eigenvalue weighted by atomic mass is 16.2. The van der Waals surface area contributed by atoms with Gasteiger partial charge in [0.2, 0.25) is 5.91 Å². The highest BCUT2D eigenvalue weighted by molar-refractivity contribution is 5.91. The number of aromatic nitrogens is 1. The molecule has 2 aromatic rings. The van der Waals surface area contributed by atoms with Crippen LogP contribution in [-0.2, 0) is 4.79 Å². The lowest BCUT2D eigenvalue weighted by Gasteiger charge is -2.40. The van der Waals surface area contributed by atoms with Gasteiger partial charge in [0.15, 0.2) is 0 Å². The Balaban J connectivity index is 1.67. The third-order valence-electron chi connectivity index (χ3n) is 5.34. The standard InChI is InChI=1S/C22H26N4O2/c1-2-22(20(23)27)12-6-14-26(16-22)21(28)25-19-9-5-7-17(15-19)10-11-18-8-3-4-13-24-18/h3-5,7-11,13,15H,2,6,12,14,16H2,1H3,(H2,23,27)(H,25,28)/b11-10+/t22-/m1/s1. The van der Waals surface area contributed by atoms with Crippen LogP contribution in [0.2, 0.25) is 0 Å². The van der Waals surface area contributed by atoms with Crippen molar-refractivity contribution in [3.05, 3.63) is 59.9 Å². The van der Waals surface area contributed by atoms with E-state index in [2.05, 4.69) is 10.3 Å². The second-order valence-corrected chi connectivity index (χ2v) is 7.17. The van der Waals surface area contributed by atoms with E-state index in [-0.39, 0.29) is 11.9 Å². The predicted octanol–water partition coefficient (Wildman–Crippen LogP) is 3.76. The third-order valence-corrected chi connectivity index (χ3v) is 5.34. The number of urea groups is 1. The summed E-state index contributed by atoms with van der Waals surface area (Å²) in [6.45, 7) is 2.94. The maximum Gasteiger partial charge on any atom is 0.321 e. The molecule has 28 heavy (non-hydrogen) atoms. The number of nitrogens with zero attached hydrogens (tertiary/aromatic N) is 2. The molecule has 0 saturated carbocycles. The number of amides is 3. The van der Waals surface area contributed by atoms with Crippen LogP contribution in [0.3, 0.4) is 0 Å². The molecule has 3 rings (SSSR count). The van der Waals surface area contributed by atoms with Gasteiger partial charge in [0.25, 0.3) is 0 Å². The zero-order valence-corrected chi connectivity index (χ0v) is 16.1. The molecule has 1 fully saturated rings. The fourth-order valence-electron chi connectivity index (χ4n) is 3.55. The number of nitrogens with one attached hydrogen (secondary N) is 1. The Kier molecular flexibility index (Phi) is 6.09. The summed E-state index contributed by atoms with van der Waals surface area (Å²) in [6, 6.07) is 13.1. The zero-order valence-electron chi connectivity index (χ0n) is 16.1. The molecule has 2 heterocycles. The summed E-state index contributed by atoms with van der Waals surface area (Å²) in [5.74, 6) is -0.325. The summed E-state index contributed by atoms with van der Waals surface area (Å²) < 4.78 is 0. The van der Waals surface area contributed by atoms with Crippen molar-refractivity contribution in [1.82, 2.24) is 9.88 Å². The Hall–Kier alpha value is -3.15. The Morgan fingerprint density at radius 2 is 2.11 bits per heavy atom. The van der Waals surface area contributed by atoms with E-state index in [1.165, 1.54) is 0 Å². The minimum absolute atomic E-state index is 0.204. The summed E-state index contributed by atoms with van der Waals surface area (Å²) in [7, 11) is 0. The lowest BCUT2D eigenvalue weighted by molar-refractivity contribution is -0.130. The number of pyridine rings is 1. The maximum atomic E-state index is 12.7. The van der Waals surface area contributed by atoms with Gasteiger partial charge in [-0.2, -0.15) is 0 Å². The molecule has 1 aliphatic rings. The number of piperidine rings is 1.